The number of primary amides is 1. The standard InChI is InChI=1S/C19H22FN5O/c1-3-6-14(15-7-4-5-8-16(15)20)10-9-13(2)25-11-17(23-12-21)18(24-25)19(22)26/h3-11,23H,12,21H2,1-2H3,(H2,22,26)/b6-3-,13-9+,14-10+. The largest absolute Gasteiger partial charge is 0.369 e. The van der Waals surface area contributed by atoms with Crippen LogP contribution >= 0.6 is 0 Å². The Hall–Kier alpha value is -3.19. The van der Waals surface area contributed by atoms with Crippen LogP contribution in [0.4, 0.5) is 10.1 Å². The summed E-state index contributed by atoms with van der Waals surface area (Å²) in [7, 11) is 0. The summed E-state index contributed by atoms with van der Waals surface area (Å²) in [4.78, 5) is 11.5. The molecule has 2 aromatic rings. The molecule has 0 saturated heterocycles. The van der Waals surface area contributed by atoms with Gasteiger partial charge in [0, 0.05) is 11.3 Å². The van der Waals surface area contributed by atoms with E-state index in [9.17, 15) is 9.18 Å². The lowest BCUT2D eigenvalue weighted by atomic mass is 10.0. The zero-order valence-electron chi connectivity index (χ0n) is 14.7. The molecule has 136 valence electrons. The fraction of sp³-hybridized carbons (Fsp3) is 0.158. The Bertz CT molecular complexity index is 880. The summed E-state index contributed by atoms with van der Waals surface area (Å²) in [5, 5.41) is 7.02. The zero-order chi connectivity index (χ0) is 19.1. The molecule has 5 N–H and O–H groups in total. The lowest BCUT2D eigenvalue weighted by molar-refractivity contribution is 0.0996. The van der Waals surface area contributed by atoms with Crippen LogP contribution in [-0.2, 0) is 0 Å². The van der Waals surface area contributed by atoms with Crippen LogP contribution in [0.2, 0.25) is 0 Å². The Balaban J connectivity index is 2.41. The molecule has 7 heteroatoms. The number of hydrogen-bond donors (Lipinski definition) is 3. The van der Waals surface area contributed by atoms with Crippen LogP contribution in [0.15, 0.2) is 54.8 Å². The van der Waals surface area contributed by atoms with Crippen LogP contribution in [0.1, 0.15) is 29.9 Å². The van der Waals surface area contributed by atoms with Gasteiger partial charge in [0.05, 0.1) is 18.6 Å². The fourth-order valence-corrected chi connectivity index (χ4v) is 2.37. The highest BCUT2D eigenvalue weighted by molar-refractivity contribution is 5.96. The van der Waals surface area contributed by atoms with E-state index in [1.165, 1.54) is 10.7 Å². The molecule has 0 spiro atoms. The molecule has 1 amide bonds. The molecule has 1 aromatic carbocycles. The van der Waals surface area contributed by atoms with Crippen LogP contribution in [-0.4, -0.2) is 22.4 Å². The summed E-state index contributed by atoms with van der Waals surface area (Å²) in [6.07, 6.45) is 8.86. The van der Waals surface area contributed by atoms with Crippen molar-refractivity contribution in [2.75, 3.05) is 12.0 Å². The summed E-state index contributed by atoms with van der Waals surface area (Å²) in [5.41, 5.74) is 13.3. The number of benzene rings is 1. The van der Waals surface area contributed by atoms with Crippen molar-refractivity contribution in [3.05, 3.63) is 71.8 Å². The first-order chi connectivity index (χ1) is 12.5. The molecule has 0 atom stereocenters. The Morgan fingerprint density at radius 2 is 2.08 bits per heavy atom. The van der Waals surface area contributed by atoms with Gasteiger partial charge in [-0.3, -0.25) is 4.79 Å². The first-order valence-electron chi connectivity index (χ1n) is 8.08. The Labute approximate surface area is 151 Å². The first kappa shape index (κ1) is 19.1. The molecule has 1 aromatic heterocycles. The molecule has 0 saturated carbocycles. The fourth-order valence-electron chi connectivity index (χ4n) is 2.37. The summed E-state index contributed by atoms with van der Waals surface area (Å²) >= 11 is 0. The second kappa shape index (κ2) is 8.77. The van der Waals surface area contributed by atoms with Crippen molar-refractivity contribution < 1.29 is 9.18 Å². The van der Waals surface area contributed by atoms with Crippen LogP contribution in [0.25, 0.3) is 11.3 Å². The van der Waals surface area contributed by atoms with Crippen LogP contribution < -0.4 is 16.8 Å². The smallest absolute Gasteiger partial charge is 0.271 e. The molecule has 6 nitrogen and oxygen atoms in total. The van der Waals surface area contributed by atoms with E-state index in [-0.39, 0.29) is 18.2 Å². The van der Waals surface area contributed by atoms with E-state index in [0.717, 1.165) is 5.70 Å². The van der Waals surface area contributed by atoms with Gasteiger partial charge in [-0.2, -0.15) is 5.10 Å². The number of aromatic nitrogens is 2. The highest BCUT2D eigenvalue weighted by Crippen LogP contribution is 2.21. The van der Waals surface area contributed by atoms with Crippen molar-refractivity contribution >= 4 is 22.9 Å². The van der Waals surface area contributed by atoms with Crippen molar-refractivity contribution in [3.63, 3.8) is 0 Å². The molecule has 0 bridgehead atoms. The van der Waals surface area contributed by atoms with Crippen molar-refractivity contribution in [2.24, 2.45) is 11.5 Å². The number of carbonyl (C=O) groups is 1. The van der Waals surface area contributed by atoms with Gasteiger partial charge in [0.1, 0.15) is 5.82 Å². The predicted octanol–water partition coefficient (Wildman–Crippen LogP) is 2.97. The van der Waals surface area contributed by atoms with Crippen molar-refractivity contribution in [1.82, 2.24) is 9.78 Å². The topological polar surface area (TPSA) is 99.0 Å². The maximum absolute atomic E-state index is 14.1. The van der Waals surface area contributed by atoms with E-state index in [4.69, 9.17) is 11.5 Å². The van der Waals surface area contributed by atoms with Gasteiger partial charge in [-0.15, -0.1) is 0 Å². The second-order valence-electron chi connectivity index (χ2n) is 5.49. The molecule has 2 rings (SSSR count). The van der Waals surface area contributed by atoms with Crippen LogP contribution in [0, 0.1) is 5.82 Å². The molecule has 0 aliphatic heterocycles. The van der Waals surface area contributed by atoms with Gasteiger partial charge in [-0.05, 0) is 31.6 Å². The van der Waals surface area contributed by atoms with Gasteiger partial charge < -0.3 is 16.8 Å². The molecule has 1 heterocycles. The monoisotopic (exact) mass is 355 g/mol. The summed E-state index contributed by atoms with van der Waals surface area (Å²) in [5.74, 6) is -0.948. The van der Waals surface area contributed by atoms with E-state index in [2.05, 4.69) is 10.4 Å². The Morgan fingerprint density at radius 1 is 1.35 bits per heavy atom. The minimum absolute atomic E-state index is 0.106. The van der Waals surface area contributed by atoms with E-state index in [1.807, 2.05) is 26.0 Å². The van der Waals surface area contributed by atoms with Gasteiger partial charge in [-0.25, -0.2) is 9.07 Å². The maximum atomic E-state index is 14.1. The molecule has 0 aliphatic rings. The van der Waals surface area contributed by atoms with E-state index in [1.54, 1.807) is 36.5 Å². The number of hydrogen-bond acceptors (Lipinski definition) is 4. The van der Waals surface area contributed by atoms with Crippen molar-refractivity contribution in [1.29, 1.82) is 0 Å². The number of nitrogens with one attached hydrogen (secondary N) is 1. The lowest BCUT2D eigenvalue weighted by Crippen LogP contribution is -2.17. The van der Waals surface area contributed by atoms with Crippen LogP contribution in [0.5, 0.6) is 0 Å². The minimum Gasteiger partial charge on any atom is -0.369 e. The normalized spacial score (nSPS) is 12.6. The molecule has 0 fully saturated rings. The van der Waals surface area contributed by atoms with Gasteiger partial charge in [-0.1, -0.05) is 36.4 Å². The number of nitrogens with two attached hydrogens (primary N) is 2. The average Bonchev–Trinajstić information content (AvgIpc) is 3.04. The summed E-state index contributed by atoms with van der Waals surface area (Å²) in [6, 6.07) is 6.56. The molecule has 26 heavy (non-hydrogen) atoms. The third kappa shape index (κ3) is 4.46. The quantitative estimate of drug-likeness (QED) is 0.525. The molecule has 0 radical (unpaired) electrons. The maximum Gasteiger partial charge on any atom is 0.271 e. The third-order valence-corrected chi connectivity index (χ3v) is 3.64. The Kier molecular flexibility index (Phi) is 6.46. The number of carbonyl (C=O) groups excluding carboxylic acids is 1. The molecular weight excluding hydrogens is 333 g/mol. The van der Waals surface area contributed by atoms with Crippen LogP contribution in [0.3, 0.4) is 0 Å². The SMILES string of the molecule is C\C=C/C(=C\C=C(/C)n1cc(NCN)c(C(N)=O)n1)c1ccccc1F. The van der Waals surface area contributed by atoms with Gasteiger partial charge in [0.2, 0.25) is 0 Å². The number of rotatable bonds is 7. The average molecular weight is 355 g/mol. The number of anilines is 1. The first-order valence-corrected chi connectivity index (χ1v) is 8.08. The lowest BCUT2D eigenvalue weighted by Gasteiger charge is -2.04. The predicted molar refractivity (Wildman–Crippen MR) is 103 cm³/mol. The molecular formula is C19H22FN5O. The van der Waals surface area contributed by atoms with Gasteiger partial charge in [0.25, 0.3) is 5.91 Å². The van der Waals surface area contributed by atoms with E-state index >= 15 is 0 Å². The highest BCUT2D eigenvalue weighted by atomic mass is 19.1. The number of allylic oxidation sites excluding steroid dienone is 6. The summed E-state index contributed by atoms with van der Waals surface area (Å²) < 4.78 is 15.6. The molecule has 0 unspecified atom stereocenters. The Morgan fingerprint density at radius 3 is 2.69 bits per heavy atom. The number of amides is 1. The van der Waals surface area contributed by atoms with Gasteiger partial charge in [0.15, 0.2) is 5.69 Å². The number of nitrogens with zero attached hydrogens (tertiary/aromatic N) is 2. The zero-order valence-corrected chi connectivity index (χ0v) is 14.7. The second-order valence-corrected chi connectivity index (χ2v) is 5.49. The van der Waals surface area contributed by atoms with E-state index < -0.39 is 5.91 Å². The third-order valence-electron chi connectivity index (χ3n) is 3.64. The van der Waals surface area contributed by atoms with Gasteiger partial charge >= 0.3 is 0 Å². The minimum atomic E-state index is -0.649. The number of halogens is 1. The van der Waals surface area contributed by atoms with Crippen molar-refractivity contribution in [3.8, 4) is 0 Å². The summed E-state index contributed by atoms with van der Waals surface area (Å²) in [6.45, 7) is 3.82. The van der Waals surface area contributed by atoms with E-state index in [0.29, 0.717) is 16.8 Å². The highest BCUT2D eigenvalue weighted by Gasteiger charge is 2.14. The molecule has 0 aliphatic carbocycles. The van der Waals surface area contributed by atoms with Crippen molar-refractivity contribution in [2.45, 2.75) is 13.8 Å².